The number of halogens is 2. The predicted octanol–water partition coefficient (Wildman–Crippen LogP) is 4.46. The monoisotopic (exact) mass is 809 g/mol. The van der Waals surface area contributed by atoms with E-state index in [2.05, 4.69) is 15.4 Å². The van der Waals surface area contributed by atoms with E-state index in [-0.39, 0.29) is 43.3 Å². The average Bonchev–Trinajstić information content (AvgIpc) is 4.11. The highest BCUT2D eigenvalue weighted by molar-refractivity contribution is 7.91. The van der Waals surface area contributed by atoms with Crippen LogP contribution in [-0.2, 0) is 29.1 Å². The van der Waals surface area contributed by atoms with Gasteiger partial charge in [-0.2, -0.15) is 8.78 Å². The molecule has 6 bridgehead atoms. The lowest BCUT2D eigenvalue weighted by molar-refractivity contribution is -0.134. The third kappa shape index (κ3) is 8.48. The molecule has 17 heteroatoms. The molecule has 4 amide bonds. The number of ether oxygens (including phenoxy) is 3. The number of carbonyl (C=O) groups excluding carboxylic acids is 4. The predicted molar refractivity (Wildman–Crippen MR) is 202 cm³/mol. The molecule has 3 N–H and O–H groups in total. The first-order chi connectivity index (χ1) is 27.3. The van der Waals surface area contributed by atoms with E-state index >= 15 is 0 Å². The number of nitrogens with zero attached hydrogens (tertiary/aromatic N) is 2. The van der Waals surface area contributed by atoms with E-state index in [1.165, 1.54) is 17.0 Å². The van der Waals surface area contributed by atoms with Crippen molar-refractivity contribution in [2.75, 3.05) is 26.3 Å². The third-order valence-electron chi connectivity index (χ3n) is 11.5. The van der Waals surface area contributed by atoms with Crippen molar-refractivity contribution >= 4 is 44.7 Å². The Morgan fingerprint density at radius 2 is 1.65 bits per heavy atom. The van der Waals surface area contributed by atoms with Crippen LogP contribution in [0.25, 0.3) is 22.2 Å². The van der Waals surface area contributed by atoms with Crippen LogP contribution in [-0.4, -0.2) is 97.3 Å². The van der Waals surface area contributed by atoms with Crippen molar-refractivity contribution < 1.29 is 50.6 Å². The van der Waals surface area contributed by atoms with E-state index < -0.39 is 81.8 Å². The summed E-state index contributed by atoms with van der Waals surface area (Å²) in [4.78, 5) is 61.9. The number of para-hydroxylation sites is 1. The lowest BCUT2D eigenvalue weighted by Gasteiger charge is -2.25. The molecule has 304 valence electrons. The number of cyclic esters (lactones) is 1. The van der Waals surface area contributed by atoms with Crippen LogP contribution in [0.1, 0.15) is 64.2 Å². The summed E-state index contributed by atoms with van der Waals surface area (Å²) < 4.78 is 75.1. The Morgan fingerprint density at radius 3 is 2.46 bits per heavy atom. The highest BCUT2D eigenvalue weighted by Crippen LogP contribution is 2.48. The fourth-order valence-corrected chi connectivity index (χ4v) is 9.47. The number of rotatable bonds is 3. The molecule has 1 unspecified atom stereocenters. The van der Waals surface area contributed by atoms with Crippen LogP contribution in [0, 0.1) is 11.8 Å². The maximum atomic E-state index is 15.0. The smallest absolute Gasteiger partial charge is 0.408 e. The molecule has 0 radical (unpaired) electrons. The van der Waals surface area contributed by atoms with Crippen molar-refractivity contribution in [3.05, 3.63) is 54.6 Å². The summed E-state index contributed by atoms with van der Waals surface area (Å²) in [5.74, 6) is -6.52. The van der Waals surface area contributed by atoms with Crippen molar-refractivity contribution in [3.63, 3.8) is 0 Å². The van der Waals surface area contributed by atoms with Gasteiger partial charge in [0.15, 0.2) is 13.2 Å². The molecule has 5 aliphatic rings. The number of carbonyl (C=O) groups is 4. The van der Waals surface area contributed by atoms with Gasteiger partial charge < -0.3 is 29.7 Å². The summed E-state index contributed by atoms with van der Waals surface area (Å²) in [5.41, 5.74) is -0.0687. The fourth-order valence-electron chi connectivity index (χ4n) is 8.11. The SMILES string of the molecule is O=C1N[C@H]2CCCCCCC[C@@H]3C[C@@]3(C(=O)NS(=O)(=O)C3CC3)NC(=O)C3CN(C[C@@H]3Oc3cc4ccccc4nc3-c3cccc(c3)OCC(F)(F)CO1)C2=O. The van der Waals surface area contributed by atoms with Gasteiger partial charge in [-0.25, -0.2) is 18.2 Å². The second kappa shape index (κ2) is 15.4. The standard InChI is InChI=1S/C40H45F2N5O9S/c41-39(42)22-54-27-12-8-10-25(17-27)34-32(18-24-9-6-7-13-30(24)43-34)56-33-21-47-20-29(33)35(48)45-40(37(50)46-57(52,53)28-15-16-28)19-26(40)11-4-2-1-3-5-14-31(36(47)49)44-38(51)55-23-39/h6-10,12-13,17-18,26,28-29,31,33H,1-5,11,14-16,19-23H2,(H,44,51)(H,45,48)(H,46,50)/t26-,29?,31+,33+,40-/m1/s1. The molecule has 3 aromatic rings. The summed E-state index contributed by atoms with van der Waals surface area (Å²) >= 11 is 0. The molecule has 2 saturated heterocycles. The van der Waals surface area contributed by atoms with Crippen LogP contribution in [0.4, 0.5) is 13.6 Å². The molecule has 5 atom stereocenters. The first-order valence-corrected chi connectivity index (χ1v) is 21.1. The number of fused-ring (bicyclic) bond motifs is 10. The summed E-state index contributed by atoms with van der Waals surface area (Å²) in [5, 5.41) is 5.48. The number of hydrogen-bond donors (Lipinski definition) is 3. The lowest BCUT2D eigenvalue weighted by Crippen LogP contribution is -2.55. The first-order valence-electron chi connectivity index (χ1n) is 19.6. The van der Waals surface area contributed by atoms with Gasteiger partial charge in [0.2, 0.25) is 21.8 Å². The number of alkyl halides is 2. The minimum absolute atomic E-state index is 0.0947. The van der Waals surface area contributed by atoms with Crippen LogP contribution in [0.5, 0.6) is 11.5 Å². The molecule has 2 aliphatic carbocycles. The van der Waals surface area contributed by atoms with Crippen molar-refractivity contribution in [2.24, 2.45) is 11.8 Å². The van der Waals surface area contributed by atoms with Crippen molar-refractivity contribution in [1.82, 2.24) is 25.2 Å². The van der Waals surface area contributed by atoms with Gasteiger partial charge in [-0.15, -0.1) is 0 Å². The maximum Gasteiger partial charge on any atom is 0.408 e. The molecule has 4 heterocycles. The van der Waals surface area contributed by atoms with Crippen molar-refractivity contribution in [2.45, 2.75) is 93.1 Å². The van der Waals surface area contributed by atoms with Crippen LogP contribution in [0.2, 0.25) is 0 Å². The number of pyridine rings is 1. The molecule has 4 fully saturated rings. The number of alkyl carbamates (subject to hydrolysis) is 1. The Labute approximate surface area is 328 Å². The van der Waals surface area contributed by atoms with Crippen molar-refractivity contribution in [3.8, 4) is 22.8 Å². The van der Waals surface area contributed by atoms with Crippen LogP contribution in [0.15, 0.2) is 54.6 Å². The molecule has 8 rings (SSSR count). The van der Waals surface area contributed by atoms with E-state index in [4.69, 9.17) is 19.2 Å². The number of aromatic nitrogens is 1. The van der Waals surface area contributed by atoms with Crippen LogP contribution < -0.4 is 24.8 Å². The maximum absolute atomic E-state index is 15.0. The number of nitrogens with one attached hydrogen (secondary N) is 3. The number of hydrogen-bond acceptors (Lipinski definition) is 10. The zero-order valence-electron chi connectivity index (χ0n) is 31.2. The Balaban J connectivity index is 1.19. The second-order valence-corrected chi connectivity index (χ2v) is 17.8. The average molecular weight is 810 g/mol. The van der Waals surface area contributed by atoms with E-state index in [0.29, 0.717) is 54.3 Å². The number of benzene rings is 2. The number of amides is 4. The minimum atomic E-state index is -3.91. The van der Waals surface area contributed by atoms with Gasteiger partial charge in [-0.05, 0) is 62.3 Å². The largest absolute Gasteiger partial charge is 0.487 e. The van der Waals surface area contributed by atoms with Gasteiger partial charge in [0, 0.05) is 17.5 Å². The Morgan fingerprint density at radius 1 is 0.895 bits per heavy atom. The Kier molecular flexibility index (Phi) is 10.5. The number of sulfonamides is 1. The Bertz CT molecular complexity index is 2190. The summed E-state index contributed by atoms with van der Waals surface area (Å²) in [6, 6.07) is 14.2. The highest BCUT2D eigenvalue weighted by atomic mass is 32.2. The molecule has 1 aromatic heterocycles. The van der Waals surface area contributed by atoms with Crippen LogP contribution in [0.3, 0.4) is 0 Å². The van der Waals surface area contributed by atoms with Gasteiger partial charge in [-0.1, -0.05) is 62.4 Å². The molecule has 14 nitrogen and oxygen atoms in total. The van der Waals surface area contributed by atoms with E-state index in [0.717, 1.165) is 19.3 Å². The second-order valence-electron chi connectivity index (χ2n) is 15.9. The van der Waals surface area contributed by atoms with E-state index in [1.54, 1.807) is 24.3 Å². The van der Waals surface area contributed by atoms with Gasteiger partial charge in [-0.3, -0.25) is 19.1 Å². The molecular formula is C40H45F2N5O9S. The summed E-state index contributed by atoms with van der Waals surface area (Å²) in [6.45, 7) is -2.69. The first kappa shape index (κ1) is 38.8. The van der Waals surface area contributed by atoms with Gasteiger partial charge >= 0.3 is 12.0 Å². The molecular weight excluding hydrogens is 765 g/mol. The fraction of sp³-hybridized carbons (Fsp3) is 0.525. The zero-order valence-corrected chi connectivity index (χ0v) is 32.0. The quantitative estimate of drug-likeness (QED) is 0.342. The van der Waals surface area contributed by atoms with E-state index in [9.17, 15) is 36.4 Å². The topological polar surface area (TPSA) is 182 Å². The zero-order chi connectivity index (χ0) is 40.0. The highest BCUT2D eigenvalue weighted by Gasteiger charge is 2.62. The normalized spacial score (nSPS) is 28.3. The van der Waals surface area contributed by atoms with Crippen LogP contribution >= 0.6 is 0 Å². The molecule has 2 saturated carbocycles. The van der Waals surface area contributed by atoms with Gasteiger partial charge in [0.25, 0.3) is 5.91 Å². The summed E-state index contributed by atoms with van der Waals surface area (Å²) in [6.07, 6.45) is 3.26. The molecule has 3 aliphatic heterocycles. The Hall–Kier alpha value is -5.06. The molecule has 2 aromatic carbocycles. The van der Waals surface area contributed by atoms with E-state index in [1.807, 2.05) is 18.2 Å². The van der Waals surface area contributed by atoms with Gasteiger partial charge in [0.1, 0.15) is 34.9 Å². The minimum Gasteiger partial charge on any atom is -0.487 e. The third-order valence-corrected chi connectivity index (χ3v) is 13.4. The summed E-state index contributed by atoms with van der Waals surface area (Å²) in [7, 11) is -3.91. The molecule has 57 heavy (non-hydrogen) atoms. The van der Waals surface area contributed by atoms with Gasteiger partial charge in [0.05, 0.1) is 23.2 Å². The van der Waals surface area contributed by atoms with Crippen molar-refractivity contribution in [1.29, 1.82) is 0 Å². The lowest BCUT2D eigenvalue weighted by atomic mass is 10.0. The molecule has 0 spiro atoms.